The third-order valence-corrected chi connectivity index (χ3v) is 4.07. The van der Waals surface area contributed by atoms with Crippen LogP contribution in [0.3, 0.4) is 0 Å². The van der Waals surface area contributed by atoms with Gasteiger partial charge in [0.2, 0.25) is 5.91 Å². The number of benzene rings is 2. The molecule has 1 aliphatic heterocycles. The second-order valence-corrected chi connectivity index (χ2v) is 5.53. The highest BCUT2D eigenvalue weighted by molar-refractivity contribution is 6.27. The van der Waals surface area contributed by atoms with Crippen molar-refractivity contribution in [2.75, 3.05) is 10.3 Å². The molecule has 118 valence electrons. The first-order chi connectivity index (χ1) is 11.8. The number of nitrogens with zero attached hydrogens (tertiary/aromatic N) is 3. The molecule has 1 aromatic heterocycles. The molecule has 1 amide bonds. The summed E-state index contributed by atoms with van der Waals surface area (Å²) in [4.78, 5) is 18.8. The maximum atomic E-state index is 12.6. The van der Waals surface area contributed by atoms with Gasteiger partial charge in [-0.2, -0.15) is 5.10 Å². The quantitative estimate of drug-likeness (QED) is 0.783. The second-order valence-electron chi connectivity index (χ2n) is 5.53. The molecule has 3 aromatic rings. The summed E-state index contributed by atoms with van der Waals surface area (Å²) in [5.41, 5.74) is 6.40. The molecular weight excluding hydrogens is 300 g/mol. The van der Waals surface area contributed by atoms with Crippen LogP contribution in [0.15, 0.2) is 65.9 Å². The van der Waals surface area contributed by atoms with Crippen LogP contribution in [-0.2, 0) is 4.79 Å². The number of anilines is 2. The summed E-state index contributed by atoms with van der Waals surface area (Å²) in [5, 5.41) is 5.43. The Labute approximate surface area is 139 Å². The Balaban J connectivity index is 1.92. The summed E-state index contributed by atoms with van der Waals surface area (Å²) in [7, 11) is 0. The fourth-order valence-corrected chi connectivity index (χ4v) is 2.88. The Morgan fingerprint density at radius 1 is 1.08 bits per heavy atom. The molecular formula is C19H16N4O. The van der Waals surface area contributed by atoms with Crippen molar-refractivity contribution in [3.63, 3.8) is 0 Å². The number of pyridine rings is 1. The molecule has 1 N–H and O–H groups in total. The van der Waals surface area contributed by atoms with Gasteiger partial charge in [-0.1, -0.05) is 55.5 Å². The fourth-order valence-electron chi connectivity index (χ4n) is 2.88. The SMILES string of the molecule is CCC(=O)N1C(c2ccccc2)=NNc2c1cnc1ccccc21. The van der Waals surface area contributed by atoms with Gasteiger partial charge >= 0.3 is 0 Å². The standard InChI is InChI=1S/C19H16N4O/c1-2-17(24)23-16-12-20-15-11-7-6-10-14(15)18(16)21-22-19(23)13-8-4-3-5-9-13/h3-12,21H,2H2,1H3. The molecule has 0 fully saturated rings. The molecule has 0 radical (unpaired) electrons. The van der Waals surface area contributed by atoms with Gasteiger partial charge in [0.1, 0.15) is 0 Å². The highest BCUT2D eigenvalue weighted by Crippen LogP contribution is 2.36. The fraction of sp³-hybridized carbons (Fsp3) is 0.105. The number of carbonyl (C=O) groups is 1. The van der Waals surface area contributed by atoms with Crippen LogP contribution in [0.1, 0.15) is 18.9 Å². The average molecular weight is 316 g/mol. The zero-order chi connectivity index (χ0) is 16.5. The summed E-state index contributed by atoms with van der Waals surface area (Å²) >= 11 is 0. The van der Waals surface area contributed by atoms with E-state index in [1.807, 2.05) is 61.5 Å². The van der Waals surface area contributed by atoms with Crippen LogP contribution in [0.5, 0.6) is 0 Å². The van der Waals surface area contributed by atoms with E-state index < -0.39 is 0 Å². The molecule has 2 heterocycles. The zero-order valence-electron chi connectivity index (χ0n) is 13.2. The number of para-hydroxylation sites is 1. The molecule has 0 saturated carbocycles. The van der Waals surface area contributed by atoms with Crippen LogP contribution in [0.2, 0.25) is 0 Å². The van der Waals surface area contributed by atoms with Crippen molar-refractivity contribution in [2.45, 2.75) is 13.3 Å². The van der Waals surface area contributed by atoms with Gasteiger partial charge in [-0.25, -0.2) is 0 Å². The predicted molar refractivity (Wildman–Crippen MR) is 96.1 cm³/mol. The minimum atomic E-state index is -0.0163. The van der Waals surface area contributed by atoms with Gasteiger partial charge in [-0.15, -0.1) is 0 Å². The Morgan fingerprint density at radius 3 is 2.62 bits per heavy atom. The van der Waals surface area contributed by atoms with Crippen LogP contribution in [0, 0.1) is 0 Å². The molecule has 24 heavy (non-hydrogen) atoms. The van der Waals surface area contributed by atoms with Crippen molar-refractivity contribution >= 4 is 34.0 Å². The van der Waals surface area contributed by atoms with Crippen LogP contribution >= 0.6 is 0 Å². The van der Waals surface area contributed by atoms with E-state index in [-0.39, 0.29) is 5.91 Å². The van der Waals surface area contributed by atoms with Crippen molar-refractivity contribution in [1.82, 2.24) is 4.98 Å². The first-order valence-electron chi connectivity index (χ1n) is 7.89. The third-order valence-electron chi connectivity index (χ3n) is 4.07. The van der Waals surface area contributed by atoms with Gasteiger partial charge in [0.25, 0.3) is 0 Å². The Hall–Kier alpha value is -3.21. The summed E-state index contributed by atoms with van der Waals surface area (Å²) < 4.78 is 0. The van der Waals surface area contributed by atoms with E-state index in [1.165, 1.54) is 0 Å². The van der Waals surface area contributed by atoms with E-state index in [0.29, 0.717) is 12.3 Å². The van der Waals surface area contributed by atoms with Gasteiger partial charge in [0, 0.05) is 17.4 Å². The van der Waals surface area contributed by atoms with Crippen LogP contribution in [0.4, 0.5) is 11.4 Å². The molecule has 2 aromatic carbocycles. The molecule has 4 rings (SSSR count). The number of hydrogen-bond acceptors (Lipinski definition) is 4. The summed E-state index contributed by atoms with van der Waals surface area (Å²) in [6, 6.07) is 17.5. The lowest BCUT2D eigenvalue weighted by Gasteiger charge is -2.30. The second kappa shape index (κ2) is 5.77. The van der Waals surface area contributed by atoms with Gasteiger partial charge < -0.3 is 0 Å². The average Bonchev–Trinajstić information content (AvgIpc) is 2.67. The first kappa shape index (κ1) is 14.4. The van der Waals surface area contributed by atoms with E-state index >= 15 is 0 Å². The van der Waals surface area contributed by atoms with Crippen molar-refractivity contribution in [1.29, 1.82) is 0 Å². The van der Waals surface area contributed by atoms with Gasteiger partial charge in [0.15, 0.2) is 5.84 Å². The number of hydrogen-bond donors (Lipinski definition) is 1. The van der Waals surface area contributed by atoms with Crippen molar-refractivity contribution < 1.29 is 4.79 Å². The van der Waals surface area contributed by atoms with Crippen LogP contribution < -0.4 is 10.3 Å². The van der Waals surface area contributed by atoms with Crippen molar-refractivity contribution in [3.8, 4) is 0 Å². The van der Waals surface area contributed by atoms with E-state index in [9.17, 15) is 4.79 Å². The molecule has 0 spiro atoms. The van der Waals surface area contributed by atoms with E-state index in [4.69, 9.17) is 0 Å². The summed E-state index contributed by atoms with van der Waals surface area (Å²) in [5.74, 6) is 0.574. The normalized spacial score (nSPS) is 13.2. The van der Waals surface area contributed by atoms with Crippen LogP contribution in [0.25, 0.3) is 10.9 Å². The molecule has 0 unspecified atom stereocenters. The topological polar surface area (TPSA) is 57.6 Å². The van der Waals surface area contributed by atoms with Crippen LogP contribution in [-0.4, -0.2) is 16.7 Å². The smallest absolute Gasteiger partial charge is 0.232 e. The number of carbonyl (C=O) groups excluding carboxylic acids is 1. The minimum absolute atomic E-state index is 0.0163. The van der Waals surface area contributed by atoms with E-state index in [1.54, 1.807) is 11.1 Å². The number of amidine groups is 1. The molecule has 5 heteroatoms. The zero-order valence-corrected chi connectivity index (χ0v) is 13.2. The molecule has 0 saturated heterocycles. The lowest BCUT2D eigenvalue weighted by atomic mass is 10.1. The largest absolute Gasteiger partial charge is 0.274 e. The Bertz CT molecular complexity index is 950. The van der Waals surface area contributed by atoms with Gasteiger partial charge in [0.05, 0.1) is 23.1 Å². The highest BCUT2D eigenvalue weighted by atomic mass is 16.2. The summed E-state index contributed by atoms with van der Waals surface area (Å²) in [6.45, 7) is 1.85. The van der Waals surface area contributed by atoms with E-state index in [0.717, 1.165) is 27.8 Å². The number of hydrazone groups is 1. The number of rotatable bonds is 2. The lowest BCUT2D eigenvalue weighted by molar-refractivity contribution is -0.117. The lowest BCUT2D eigenvalue weighted by Crippen LogP contribution is -2.40. The monoisotopic (exact) mass is 316 g/mol. The van der Waals surface area contributed by atoms with Gasteiger partial charge in [-0.3, -0.25) is 20.1 Å². The number of fused-ring (bicyclic) bond motifs is 3. The first-order valence-corrected chi connectivity index (χ1v) is 7.89. The molecule has 0 aliphatic carbocycles. The molecule has 5 nitrogen and oxygen atoms in total. The number of aromatic nitrogens is 1. The van der Waals surface area contributed by atoms with Crippen molar-refractivity contribution in [3.05, 3.63) is 66.4 Å². The van der Waals surface area contributed by atoms with Crippen molar-refractivity contribution in [2.24, 2.45) is 5.10 Å². The Kier molecular flexibility index (Phi) is 3.46. The maximum Gasteiger partial charge on any atom is 0.232 e. The maximum absolute atomic E-state index is 12.6. The number of nitrogens with one attached hydrogen (secondary N) is 1. The third kappa shape index (κ3) is 2.22. The minimum Gasteiger partial charge on any atom is -0.274 e. The highest BCUT2D eigenvalue weighted by Gasteiger charge is 2.28. The molecule has 1 aliphatic rings. The summed E-state index contributed by atoms with van der Waals surface area (Å²) in [6.07, 6.45) is 2.12. The van der Waals surface area contributed by atoms with Gasteiger partial charge in [-0.05, 0) is 6.07 Å². The van der Waals surface area contributed by atoms with E-state index in [2.05, 4.69) is 15.5 Å². The predicted octanol–water partition coefficient (Wildman–Crippen LogP) is 3.77. The molecule has 0 atom stereocenters. The number of amides is 1. The molecule has 0 bridgehead atoms. The Morgan fingerprint density at radius 2 is 1.83 bits per heavy atom.